The summed E-state index contributed by atoms with van der Waals surface area (Å²) in [4.78, 5) is 10.5. The molecule has 4 nitrogen and oxygen atoms in total. The van der Waals surface area contributed by atoms with E-state index in [1.807, 2.05) is 0 Å². The van der Waals surface area contributed by atoms with Gasteiger partial charge in [0.15, 0.2) is 0 Å². The predicted molar refractivity (Wildman–Crippen MR) is 63.1 cm³/mol. The lowest BCUT2D eigenvalue weighted by atomic mass is 10.1. The van der Waals surface area contributed by atoms with Crippen molar-refractivity contribution in [3.8, 4) is 5.75 Å². The van der Waals surface area contributed by atoms with E-state index in [1.165, 1.54) is 0 Å². The lowest BCUT2D eigenvalue weighted by Gasteiger charge is -2.32. The van der Waals surface area contributed by atoms with E-state index < -0.39 is 43.3 Å². The van der Waals surface area contributed by atoms with Gasteiger partial charge in [0.05, 0.1) is 12.6 Å². The molecule has 0 aliphatic heterocycles. The van der Waals surface area contributed by atoms with E-state index >= 15 is 0 Å². The number of carboxylic acids is 1. The molecule has 1 aromatic rings. The van der Waals surface area contributed by atoms with Gasteiger partial charge in [-0.3, -0.25) is 0 Å². The molecule has 1 rings (SSSR count). The molecule has 0 aliphatic carbocycles. The second kappa shape index (κ2) is 7.21. The van der Waals surface area contributed by atoms with Gasteiger partial charge in [-0.25, -0.2) is 0 Å². The van der Waals surface area contributed by atoms with Gasteiger partial charge in [-0.1, -0.05) is 0 Å². The maximum Gasteiger partial charge on any atom is 0.460 e. The number of carbonyl (C=O) groups excluding carboxylic acids is 1. The van der Waals surface area contributed by atoms with Gasteiger partial charge >= 0.3 is 24.1 Å². The molecule has 0 N–H and O–H groups in total. The monoisotopic (exact) mass is 399 g/mol. The second-order valence-corrected chi connectivity index (χ2v) is 4.67. The third kappa shape index (κ3) is 4.31. The lowest BCUT2D eigenvalue weighted by Crippen LogP contribution is -2.61. The molecule has 0 heterocycles. The van der Waals surface area contributed by atoms with Crippen molar-refractivity contribution < 1.29 is 58.9 Å². The van der Waals surface area contributed by atoms with E-state index in [9.17, 15) is 49.4 Å². The largest absolute Gasteiger partial charge is 0.545 e. The number of hydrogen-bond acceptors (Lipinski definition) is 4. The van der Waals surface area contributed by atoms with Crippen LogP contribution in [-0.4, -0.2) is 43.3 Å². The van der Waals surface area contributed by atoms with E-state index in [-0.39, 0.29) is 11.3 Å². The van der Waals surface area contributed by atoms with Crippen molar-refractivity contribution >= 4 is 5.97 Å². The molecule has 0 aromatic heterocycles. The summed E-state index contributed by atoms with van der Waals surface area (Å²) in [5, 5.41) is 10.5. The molecule has 0 radical (unpaired) electrons. The number of halogens is 9. The van der Waals surface area contributed by atoms with Crippen molar-refractivity contribution in [1.29, 1.82) is 0 Å². The fourth-order valence-electron chi connectivity index (χ4n) is 1.47. The number of carbonyl (C=O) groups is 1. The summed E-state index contributed by atoms with van der Waals surface area (Å²) >= 11 is 0. The summed E-state index contributed by atoms with van der Waals surface area (Å²) in [7, 11) is 0. The maximum atomic E-state index is 13.0. The molecular weight excluding hydrogens is 391 g/mol. The molecule has 26 heavy (non-hydrogen) atoms. The highest BCUT2D eigenvalue weighted by Crippen LogP contribution is 2.53. The Hall–Kier alpha value is -2.18. The van der Waals surface area contributed by atoms with Gasteiger partial charge in [0.2, 0.25) is 0 Å². The first-order valence-corrected chi connectivity index (χ1v) is 6.42. The van der Waals surface area contributed by atoms with Crippen LogP contribution in [0.4, 0.5) is 39.5 Å². The summed E-state index contributed by atoms with van der Waals surface area (Å²) in [5.74, 6) is -15.6. The van der Waals surface area contributed by atoms with Crippen molar-refractivity contribution in [3.63, 3.8) is 0 Å². The Labute approximate surface area is 139 Å². The van der Waals surface area contributed by atoms with E-state index in [2.05, 4.69) is 9.47 Å². The molecule has 0 saturated carbocycles. The Balaban J connectivity index is 2.66. The highest BCUT2D eigenvalue weighted by atomic mass is 19.4. The normalized spacial score (nSPS) is 13.6. The van der Waals surface area contributed by atoms with Crippen LogP contribution in [-0.2, 0) is 4.74 Å². The summed E-state index contributed by atoms with van der Waals surface area (Å²) in [5.41, 5.74) is -0.269. The number of carboxylic acid groups (broad SMARTS) is 1. The molecule has 13 heteroatoms. The van der Waals surface area contributed by atoms with E-state index in [0.717, 1.165) is 24.3 Å². The summed E-state index contributed by atoms with van der Waals surface area (Å²) in [6.07, 6.45) is -13.1. The molecular formula is C13H8F9O4-. The molecule has 0 atom stereocenters. The van der Waals surface area contributed by atoms with Crippen LogP contribution < -0.4 is 9.84 Å². The van der Waals surface area contributed by atoms with Gasteiger partial charge < -0.3 is 19.4 Å². The van der Waals surface area contributed by atoms with E-state index in [0.29, 0.717) is 0 Å². The smallest absolute Gasteiger partial charge is 0.460 e. The fourth-order valence-corrected chi connectivity index (χ4v) is 1.47. The quantitative estimate of drug-likeness (QED) is 0.499. The Bertz CT molecular complexity index is 625. The average Bonchev–Trinajstić information content (AvgIpc) is 2.50. The first-order chi connectivity index (χ1) is 11.6. The first-order valence-electron chi connectivity index (χ1n) is 6.42. The van der Waals surface area contributed by atoms with E-state index in [1.54, 1.807) is 0 Å². The Morgan fingerprint density at radius 2 is 1.35 bits per heavy atom. The number of alkyl halides is 9. The number of ether oxygens (including phenoxy) is 2. The predicted octanol–water partition coefficient (Wildman–Crippen LogP) is 2.87. The molecule has 0 aliphatic rings. The van der Waals surface area contributed by atoms with Crippen molar-refractivity contribution in [2.24, 2.45) is 0 Å². The van der Waals surface area contributed by atoms with Crippen LogP contribution in [0.2, 0.25) is 0 Å². The average molecular weight is 399 g/mol. The van der Waals surface area contributed by atoms with Gasteiger partial charge in [-0.05, 0) is 29.8 Å². The summed E-state index contributed by atoms with van der Waals surface area (Å²) in [6.45, 7) is -2.41. The molecule has 0 fully saturated rings. The van der Waals surface area contributed by atoms with Gasteiger partial charge in [-0.2, -0.15) is 39.5 Å². The van der Waals surface area contributed by atoms with Crippen LogP contribution in [0.3, 0.4) is 0 Å². The molecule has 0 bridgehead atoms. The third-order valence-electron chi connectivity index (χ3n) is 2.84. The Morgan fingerprint density at radius 3 is 1.77 bits per heavy atom. The molecule has 0 saturated heterocycles. The highest BCUT2D eigenvalue weighted by molar-refractivity contribution is 5.85. The van der Waals surface area contributed by atoms with Gasteiger partial charge in [0, 0.05) is 0 Å². The minimum atomic E-state index is -7.04. The molecule has 0 spiro atoms. The fraction of sp³-hybridized carbons (Fsp3) is 0.462. The third-order valence-corrected chi connectivity index (χ3v) is 2.84. The summed E-state index contributed by atoms with van der Waals surface area (Å²) in [6, 6.07) is 4.02. The van der Waals surface area contributed by atoms with Gasteiger partial charge in [-0.15, -0.1) is 0 Å². The van der Waals surface area contributed by atoms with Crippen LogP contribution in [0.25, 0.3) is 0 Å². The number of hydrogen-bond donors (Lipinski definition) is 0. The van der Waals surface area contributed by atoms with Crippen LogP contribution in [0.1, 0.15) is 10.4 Å². The van der Waals surface area contributed by atoms with Crippen molar-refractivity contribution in [2.75, 3.05) is 13.2 Å². The Morgan fingerprint density at radius 1 is 0.846 bits per heavy atom. The van der Waals surface area contributed by atoms with Gasteiger partial charge in [0.1, 0.15) is 12.4 Å². The maximum absolute atomic E-state index is 13.0. The number of aromatic carboxylic acids is 1. The summed E-state index contributed by atoms with van der Waals surface area (Å²) < 4.78 is 120. The second-order valence-electron chi connectivity index (χ2n) is 4.67. The van der Waals surface area contributed by atoms with Crippen LogP contribution >= 0.6 is 0 Å². The van der Waals surface area contributed by atoms with Crippen LogP contribution in [0.5, 0.6) is 5.75 Å². The SMILES string of the molecule is O=C([O-])c1ccc(OCCOC(F)(F)C(F)(F)C(F)(F)C(F)(F)F)cc1. The minimum absolute atomic E-state index is 0.144. The van der Waals surface area contributed by atoms with Gasteiger partial charge in [0.25, 0.3) is 0 Å². The zero-order valence-corrected chi connectivity index (χ0v) is 12.3. The topological polar surface area (TPSA) is 58.6 Å². The first kappa shape index (κ1) is 21.9. The number of benzene rings is 1. The number of rotatable bonds is 8. The molecule has 0 amide bonds. The lowest BCUT2D eigenvalue weighted by molar-refractivity contribution is -0.444. The van der Waals surface area contributed by atoms with Crippen molar-refractivity contribution in [3.05, 3.63) is 29.8 Å². The van der Waals surface area contributed by atoms with Crippen LogP contribution in [0.15, 0.2) is 24.3 Å². The molecule has 0 unspecified atom stereocenters. The zero-order valence-electron chi connectivity index (χ0n) is 12.3. The van der Waals surface area contributed by atoms with Crippen LogP contribution in [0, 0.1) is 0 Å². The standard InChI is InChI=1S/C13H9F9O4/c14-10(15,12(18,19)20)11(16,17)13(21,22)26-6-5-25-8-3-1-7(2-4-8)9(23)24/h1-4H,5-6H2,(H,23,24)/p-1. The molecule has 1 aromatic carbocycles. The highest BCUT2D eigenvalue weighted by Gasteiger charge is 2.82. The van der Waals surface area contributed by atoms with Crippen molar-refractivity contribution in [2.45, 2.75) is 24.1 Å². The van der Waals surface area contributed by atoms with E-state index in [4.69, 9.17) is 0 Å². The Kier molecular flexibility index (Phi) is 6.06. The zero-order chi connectivity index (χ0) is 20.4. The van der Waals surface area contributed by atoms with Crippen molar-refractivity contribution in [1.82, 2.24) is 0 Å². The molecule has 148 valence electrons. The minimum Gasteiger partial charge on any atom is -0.545 e.